The molecule has 0 amide bonds. The number of aromatic nitrogens is 6. The van der Waals surface area contributed by atoms with Crippen molar-refractivity contribution in [3.8, 4) is 11.4 Å². The number of nitrogens with zero attached hydrogens (tertiary/aromatic N) is 4. The van der Waals surface area contributed by atoms with Crippen molar-refractivity contribution in [2.45, 2.75) is 70.8 Å². The molecule has 0 aliphatic rings. The maximum Gasteiger partial charge on any atom is 0.138 e. The molecular formula is C17H28N6O. The Kier molecular flexibility index (Phi) is 7.61. The van der Waals surface area contributed by atoms with Crippen LogP contribution in [0.15, 0.2) is 12.7 Å². The van der Waals surface area contributed by atoms with E-state index in [2.05, 4.69) is 44.3 Å². The second-order valence-corrected chi connectivity index (χ2v) is 6.13. The molecule has 0 saturated carbocycles. The van der Waals surface area contributed by atoms with E-state index >= 15 is 0 Å². The van der Waals surface area contributed by atoms with Gasteiger partial charge < -0.3 is 5.11 Å². The van der Waals surface area contributed by atoms with Gasteiger partial charge in [0.15, 0.2) is 0 Å². The molecule has 0 radical (unpaired) electrons. The van der Waals surface area contributed by atoms with Crippen LogP contribution in [0.25, 0.3) is 11.4 Å². The van der Waals surface area contributed by atoms with Crippen LogP contribution in [0.5, 0.6) is 0 Å². The topological polar surface area (TPSA) is 103 Å². The van der Waals surface area contributed by atoms with Crippen LogP contribution in [0.1, 0.15) is 63.3 Å². The van der Waals surface area contributed by atoms with Gasteiger partial charge in [0.2, 0.25) is 0 Å². The first-order valence-electron chi connectivity index (χ1n) is 8.84. The quantitative estimate of drug-likeness (QED) is 0.409. The molecule has 2 rings (SSSR count). The van der Waals surface area contributed by atoms with E-state index in [9.17, 15) is 5.11 Å². The molecule has 0 spiro atoms. The first kappa shape index (κ1) is 18.3. The summed E-state index contributed by atoms with van der Waals surface area (Å²) < 4.78 is 0. The Labute approximate surface area is 143 Å². The van der Waals surface area contributed by atoms with E-state index < -0.39 is 0 Å². The van der Waals surface area contributed by atoms with Crippen LogP contribution in [-0.4, -0.2) is 42.0 Å². The third-order valence-electron chi connectivity index (χ3n) is 4.16. The molecule has 2 aromatic heterocycles. The zero-order valence-electron chi connectivity index (χ0n) is 14.5. The highest BCUT2D eigenvalue weighted by atomic mass is 16.3. The molecule has 0 aliphatic carbocycles. The average molecular weight is 332 g/mol. The van der Waals surface area contributed by atoms with Crippen molar-refractivity contribution in [1.82, 2.24) is 30.8 Å². The number of allylic oxidation sites excluding steroid dienone is 1. The Balaban J connectivity index is 1.85. The molecule has 7 nitrogen and oxygen atoms in total. The lowest BCUT2D eigenvalue weighted by atomic mass is 10.0. The highest BCUT2D eigenvalue weighted by Crippen LogP contribution is 2.22. The van der Waals surface area contributed by atoms with Crippen molar-refractivity contribution in [2.75, 3.05) is 0 Å². The van der Waals surface area contributed by atoms with Gasteiger partial charge in [-0.2, -0.15) is 30.8 Å². The largest absolute Gasteiger partial charge is 0.393 e. The first-order chi connectivity index (χ1) is 11.8. The SMILES string of the molecule is C=CCc1n[nH]nc1-c1n[nH]nc1CC[C@H](O)CCCCCCC. The number of aliphatic hydroxyl groups is 1. The number of rotatable bonds is 12. The van der Waals surface area contributed by atoms with Gasteiger partial charge in [0.05, 0.1) is 17.5 Å². The number of aliphatic hydroxyl groups excluding tert-OH is 1. The molecule has 0 saturated heterocycles. The summed E-state index contributed by atoms with van der Waals surface area (Å²) in [4.78, 5) is 0. The van der Waals surface area contributed by atoms with Crippen LogP contribution >= 0.6 is 0 Å². The van der Waals surface area contributed by atoms with E-state index in [0.717, 1.165) is 24.2 Å². The molecule has 132 valence electrons. The van der Waals surface area contributed by atoms with Crippen LogP contribution in [-0.2, 0) is 12.8 Å². The fourth-order valence-corrected chi connectivity index (χ4v) is 2.77. The van der Waals surface area contributed by atoms with Crippen molar-refractivity contribution in [1.29, 1.82) is 0 Å². The highest BCUT2D eigenvalue weighted by Gasteiger charge is 2.18. The summed E-state index contributed by atoms with van der Waals surface area (Å²) in [5.41, 5.74) is 3.03. The van der Waals surface area contributed by atoms with Crippen LogP contribution in [0.3, 0.4) is 0 Å². The molecular weight excluding hydrogens is 304 g/mol. The lowest BCUT2D eigenvalue weighted by molar-refractivity contribution is 0.151. The van der Waals surface area contributed by atoms with Gasteiger partial charge in [-0.15, -0.1) is 6.58 Å². The molecule has 24 heavy (non-hydrogen) atoms. The zero-order chi connectivity index (χ0) is 17.2. The van der Waals surface area contributed by atoms with Crippen molar-refractivity contribution in [3.05, 3.63) is 24.0 Å². The molecule has 0 fully saturated rings. The third kappa shape index (κ3) is 5.26. The fourth-order valence-electron chi connectivity index (χ4n) is 2.77. The minimum absolute atomic E-state index is 0.291. The van der Waals surface area contributed by atoms with E-state index in [0.29, 0.717) is 30.7 Å². The van der Waals surface area contributed by atoms with Crippen molar-refractivity contribution in [3.63, 3.8) is 0 Å². The maximum absolute atomic E-state index is 10.2. The molecule has 7 heteroatoms. The monoisotopic (exact) mass is 332 g/mol. The van der Waals surface area contributed by atoms with Crippen LogP contribution in [0.4, 0.5) is 0 Å². The van der Waals surface area contributed by atoms with Gasteiger partial charge in [0.25, 0.3) is 0 Å². The zero-order valence-corrected chi connectivity index (χ0v) is 14.5. The van der Waals surface area contributed by atoms with Gasteiger partial charge in [-0.1, -0.05) is 45.1 Å². The number of aryl methyl sites for hydroxylation is 1. The minimum Gasteiger partial charge on any atom is -0.393 e. The average Bonchev–Trinajstić information content (AvgIpc) is 3.21. The molecule has 0 bridgehead atoms. The van der Waals surface area contributed by atoms with E-state index in [1.165, 1.54) is 25.7 Å². The van der Waals surface area contributed by atoms with E-state index in [1.807, 2.05) is 0 Å². The number of aromatic amines is 2. The Morgan fingerprint density at radius 3 is 2.33 bits per heavy atom. The summed E-state index contributed by atoms with van der Waals surface area (Å²) in [5, 5.41) is 32.2. The summed E-state index contributed by atoms with van der Waals surface area (Å²) in [6.07, 6.45) is 10.4. The number of hydrogen-bond acceptors (Lipinski definition) is 5. The summed E-state index contributed by atoms with van der Waals surface area (Å²) >= 11 is 0. The van der Waals surface area contributed by atoms with E-state index in [1.54, 1.807) is 6.08 Å². The number of H-pyrrole nitrogens is 2. The van der Waals surface area contributed by atoms with Gasteiger partial charge in [-0.25, -0.2) is 0 Å². The second kappa shape index (κ2) is 9.97. The summed E-state index contributed by atoms with van der Waals surface area (Å²) in [7, 11) is 0. The predicted octanol–water partition coefficient (Wildman–Crippen LogP) is 2.97. The Morgan fingerprint density at radius 1 is 0.958 bits per heavy atom. The normalized spacial score (nSPS) is 12.4. The molecule has 2 heterocycles. The maximum atomic E-state index is 10.2. The smallest absolute Gasteiger partial charge is 0.138 e. The standard InChI is InChI=1S/C17H28N6O/c1-3-5-6-7-8-10-13(24)11-12-15-17(21-23-19-15)16-14(9-4-2)18-22-20-16/h4,13,24H,2-3,5-12H2,1H3,(H,18,20,22)(H,19,21,23)/t13-/m1/s1. The fraction of sp³-hybridized carbons (Fsp3) is 0.647. The summed E-state index contributed by atoms with van der Waals surface area (Å²) in [6.45, 7) is 5.94. The van der Waals surface area contributed by atoms with Crippen LogP contribution < -0.4 is 0 Å². The Hall–Kier alpha value is -2.02. The summed E-state index contributed by atoms with van der Waals surface area (Å²) in [6, 6.07) is 0. The van der Waals surface area contributed by atoms with Gasteiger partial charge in [-0.05, 0) is 19.3 Å². The predicted molar refractivity (Wildman–Crippen MR) is 93.4 cm³/mol. The van der Waals surface area contributed by atoms with E-state index in [4.69, 9.17) is 0 Å². The van der Waals surface area contributed by atoms with Crippen molar-refractivity contribution in [2.24, 2.45) is 0 Å². The summed E-state index contributed by atoms with van der Waals surface area (Å²) in [5.74, 6) is 0. The molecule has 2 aromatic rings. The molecule has 3 N–H and O–H groups in total. The van der Waals surface area contributed by atoms with Gasteiger partial charge in [-0.3, -0.25) is 0 Å². The minimum atomic E-state index is -0.291. The highest BCUT2D eigenvalue weighted by molar-refractivity contribution is 5.58. The van der Waals surface area contributed by atoms with Gasteiger partial charge >= 0.3 is 0 Å². The van der Waals surface area contributed by atoms with Gasteiger partial charge in [0.1, 0.15) is 11.4 Å². The Morgan fingerprint density at radius 2 is 1.62 bits per heavy atom. The molecule has 0 aliphatic heterocycles. The van der Waals surface area contributed by atoms with Crippen LogP contribution in [0, 0.1) is 0 Å². The lowest BCUT2D eigenvalue weighted by Gasteiger charge is -2.09. The number of unbranched alkanes of at least 4 members (excludes halogenated alkanes) is 4. The number of hydrogen-bond donors (Lipinski definition) is 3. The van der Waals surface area contributed by atoms with Crippen molar-refractivity contribution >= 4 is 0 Å². The lowest BCUT2D eigenvalue weighted by Crippen LogP contribution is -2.08. The third-order valence-corrected chi connectivity index (χ3v) is 4.16. The molecule has 1 atom stereocenters. The van der Waals surface area contributed by atoms with Crippen molar-refractivity contribution < 1.29 is 5.11 Å². The molecule has 0 aromatic carbocycles. The Bertz CT molecular complexity index is 606. The van der Waals surface area contributed by atoms with Crippen LogP contribution in [0.2, 0.25) is 0 Å². The second-order valence-electron chi connectivity index (χ2n) is 6.13. The van der Waals surface area contributed by atoms with E-state index in [-0.39, 0.29) is 6.10 Å². The first-order valence-corrected chi connectivity index (χ1v) is 8.84. The number of nitrogens with one attached hydrogen (secondary N) is 2. The van der Waals surface area contributed by atoms with Gasteiger partial charge in [0, 0.05) is 6.42 Å². The molecule has 0 unspecified atom stereocenters.